The topological polar surface area (TPSA) is 48.1 Å². The SMILES string of the molecule is COc1ccnc(C(N)C(F)F)c1. The highest BCUT2D eigenvalue weighted by atomic mass is 19.3. The molecule has 0 aliphatic carbocycles. The fourth-order valence-corrected chi connectivity index (χ4v) is 0.866. The van der Waals surface area contributed by atoms with Crippen molar-refractivity contribution in [3.05, 3.63) is 24.0 Å². The molecule has 72 valence electrons. The largest absolute Gasteiger partial charge is 0.497 e. The van der Waals surface area contributed by atoms with Gasteiger partial charge in [0, 0.05) is 12.3 Å². The van der Waals surface area contributed by atoms with E-state index in [1.165, 1.54) is 19.4 Å². The molecule has 13 heavy (non-hydrogen) atoms. The first-order chi connectivity index (χ1) is 6.15. The fraction of sp³-hybridized carbons (Fsp3) is 0.375. The molecule has 0 aromatic carbocycles. The van der Waals surface area contributed by atoms with Gasteiger partial charge in [-0.2, -0.15) is 0 Å². The lowest BCUT2D eigenvalue weighted by Crippen LogP contribution is -2.20. The average molecular weight is 188 g/mol. The van der Waals surface area contributed by atoms with Crippen LogP contribution >= 0.6 is 0 Å². The minimum Gasteiger partial charge on any atom is -0.497 e. The summed E-state index contributed by atoms with van der Waals surface area (Å²) in [5.74, 6) is 0.473. The van der Waals surface area contributed by atoms with Crippen molar-refractivity contribution in [3.63, 3.8) is 0 Å². The number of rotatable bonds is 3. The van der Waals surface area contributed by atoms with Crippen LogP contribution in [0.25, 0.3) is 0 Å². The van der Waals surface area contributed by atoms with E-state index in [2.05, 4.69) is 4.98 Å². The van der Waals surface area contributed by atoms with Crippen molar-refractivity contribution in [1.82, 2.24) is 4.98 Å². The van der Waals surface area contributed by atoms with Crippen LogP contribution in [0.15, 0.2) is 18.3 Å². The van der Waals surface area contributed by atoms with Gasteiger partial charge in [-0.05, 0) is 6.07 Å². The minimum atomic E-state index is -2.61. The molecule has 5 heteroatoms. The van der Waals surface area contributed by atoms with E-state index in [0.29, 0.717) is 5.75 Å². The predicted octanol–water partition coefficient (Wildman–Crippen LogP) is 1.36. The van der Waals surface area contributed by atoms with E-state index in [1.54, 1.807) is 6.07 Å². The molecule has 0 aliphatic rings. The van der Waals surface area contributed by atoms with Crippen molar-refractivity contribution in [1.29, 1.82) is 0 Å². The molecular formula is C8H10F2N2O. The van der Waals surface area contributed by atoms with Crippen molar-refractivity contribution in [2.75, 3.05) is 7.11 Å². The van der Waals surface area contributed by atoms with Gasteiger partial charge in [0.25, 0.3) is 6.43 Å². The third-order valence-corrected chi connectivity index (χ3v) is 1.60. The van der Waals surface area contributed by atoms with Crippen LogP contribution in [0.5, 0.6) is 5.75 Å². The standard InChI is InChI=1S/C8H10F2N2O/c1-13-5-2-3-12-6(4-5)7(11)8(9)10/h2-4,7-8H,11H2,1H3. The predicted molar refractivity (Wildman–Crippen MR) is 43.7 cm³/mol. The number of aromatic nitrogens is 1. The Hall–Kier alpha value is -1.23. The lowest BCUT2D eigenvalue weighted by Gasteiger charge is -2.10. The molecule has 0 amide bonds. The molecule has 0 saturated carbocycles. The van der Waals surface area contributed by atoms with E-state index < -0.39 is 12.5 Å². The molecule has 1 heterocycles. The van der Waals surface area contributed by atoms with E-state index in [9.17, 15) is 8.78 Å². The highest BCUT2D eigenvalue weighted by Crippen LogP contribution is 2.19. The van der Waals surface area contributed by atoms with Crippen LogP contribution in [0.3, 0.4) is 0 Å². The van der Waals surface area contributed by atoms with E-state index in [1.807, 2.05) is 0 Å². The molecule has 2 N–H and O–H groups in total. The van der Waals surface area contributed by atoms with Gasteiger partial charge >= 0.3 is 0 Å². The molecule has 0 aliphatic heterocycles. The van der Waals surface area contributed by atoms with E-state index in [-0.39, 0.29) is 5.69 Å². The van der Waals surface area contributed by atoms with Crippen molar-refractivity contribution < 1.29 is 13.5 Å². The lowest BCUT2D eigenvalue weighted by atomic mass is 10.2. The molecule has 1 aromatic heterocycles. The van der Waals surface area contributed by atoms with Gasteiger partial charge in [-0.3, -0.25) is 4.98 Å². The van der Waals surface area contributed by atoms with Crippen LogP contribution in [0, 0.1) is 0 Å². The molecule has 1 unspecified atom stereocenters. The normalized spacial score (nSPS) is 13.0. The molecule has 3 nitrogen and oxygen atoms in total. The van der Waals surface area contributed by atoms with Gasteiger partial charge in [-0.15, -0.1) is 0 Å². The maximum absolute atomic E-state index is 12.1. The van der Waals surface area contributed by atoms with Gasteiger partial charge in [0.1, 0.15) is 11.8 Å². The number of hydrogen-bond acceptors (Lipinski definition) is 3. The van der Waals surface area contributed by atoms with Gasteiger partial charge < -0.3 is 10.5 Å². The number of hydrogen-bond donors (Lipinski definition) is 1. The van der Waals surface area contributed by atoms with Crippen molar-refractivity contribution in [2.24, 2.45) is 5.73 Å². The lowest BCUT2D eigenvalue weighted by molar-refractivity contribution is 0.114. The summed E-state index contributed by atoms with van der Waals surface area (Å²) in [5.41, 5.74) is 5.33. The third kappa shape index (κ3) is 2.35. The first kappa shape index (κ1) is 9.85. The van der Waals surface area contributed by atoms with Gasteiger partial charge in [0.15, 0.2) is 0 Å². The minimum absolute atomic E-state index is 0.134. The number of halogens is 2. The van der Waals surface area contributed by atoms with Crippen LogP contribution in [0.2, 0.25) is 0 Å². The second kappa shape index (κ2) is 4.13. The summed E-state index contributed by atoms with van der Waals surface area (Å²) >= 11 is 0. The Bertz CT molecular complexity index is 281. The molecule has 1 rings (SSSR count). The van der Waals surface area contributed by atoms with Crippen molar-refractivity contribution >= 4 is 0 Å². The Morgan fingerprint density at radius 2 is 2.23 bits per heavy atom. The smallest absolute Gasteiger partial charge is 0.259 e. The van der Waals surface area contributed by atoms with Crippen LogP contribution < -0.4 is 10.5 Å². The monoisotopic (exact) mass is 188 g/mol. The number of ether oxygens (including phenoxy) is 1. The first-order valence-corrected chi connectivity index (χ1v) is 3.69. The second-order valence-electron chi connectivity index (χ2n) is 2.48. The van der Waals surface area contributed by atoms with Crippen molar-refractivity contribution in [3.8, 4) is 5.75 Å². The quantitative estimate of drug-likeness (QED) is 0.778. The Morgan fingerprint density at radius 1 is 1.54 bits per heavy atom. The summed E-state index contributed by atoms with van der Waals surface area (Å²) in [5, 5.41) is 0. The number of alkyl halides is 2. The molecule has 1 aromatic rings. The summed E-state index contributed by atoms with van der Waals surface area (Å²) in [6.07, 6.45) is -1.23. The van der Waals surface area contributed by atoms with Crippen LogP contribution in [0.4, 0.5) is 8.78 Å². The van der Waals surface area contributed by atoms with Crippen LogP contribution in [-0.2, 0) is 0 Å². The highest BCUT2D eigenvalue weighted by molar-refractivity contribution is 5.24. The van der Waals surface area contributed by atoms with Crippen molar-refractivity contribution in [2.45, 2.75) is 12.5 Å². The Labute approximate surface area is 74.5 Å². The first-order valence-electron chi connectivity index (χ1n) is 3.69. The van der Waals surface area contributed by atoms with E-state index >= 15 is 0 Å². The molecule has 0 bridgehead atoms. The fourth-order valence-electron chi connectivity index (χ4n) is 0.866. The van der Waals surface area contributed by atoms with E-state index in [0.717, 1.165) is 0 Å². The highest BCUT2D eigenvalue weighted by Gasteiger charge is 2.18. The van der Waals surface area contributed by atoms with Crippen LogP contribution in [-0.4, -0.2) is 18.5 Å². The average Bonchev–Trinajstić information content (AvgIpc) is 2.16. The number of methoxy groups -OCH3 is 1. The third-order valence-electron chi connectivity index (χ3n) is 1.60. The molecule has 0 spiro atoms. The zero-order valence-corrected chi connectivity index (χ0v) is 7.08. The van der Waals surface area contributed by atoms with Gasteiger partial charge in [-0.1, -0.05) is 0 Å². The van der Waals surface area contributed by atoms with Gasteiger partial charge in [-0.25, -0.2) is 8.78 Å². The summed E-state index contributed by atoms with van der Waals surface area (Å²) in [6, 6.07) is 1.62. The Morgan fingerprint density at radius 3 is 2.77 bits per heavy atom. The van der Waals surface area contributed by atoms with E-state index in [4.69, 9.17) is 10.5 Å². The summed E-state index contributed by atoms with van der Waals surface area (Å²) in [4.78, 5) is 3.72. The number of nitrogens with two attached hydrogens (primary N) is 1. The molecule has 0 fully saturated rings. The molecule has 0 radical (unpaired) electrons. The number of pyridine rings is 1. The summed E-state index contributed by atoms with van der Waals surface area (Å²) in [6.45, 7) is 0. The van der Waals surface area contributed by atoms with Crippen LogP contribution in [0.1, 0.15) is 11.7 Å². The molecule has 0 saturated heterocycles. The zero-order chi connectivity index (χ0) is 9.84. The van der Waals surface area contributed by atoms with Gasteiger partial charge in [0.05, 0.1) is 12.8 Å². The second-order valence-corrected chi connectivity index (χ2v) is 2.48. The number of nitrogens with zero attached hydrogens (tertiary/aromatic N) is 1. The maximum Gasteiger partial charge on any atom is 0.259 e. The molecule has 1 atom stereocenters. The maximum atomic E-state index is 12.1. The molecular weight excluding hydrogens is 178 g/mol. The zero-order valence-electron chi connectivity index (χ0n) is 7.08. The summed E-state index contributed by atoms with van der Waals surface area (Å²) in [7, 11) is 1.45. The van der Waals surface area contributed by atoms with Gasteiger partial charge in [0.2, 0.25) is 0 Å². The Kier molecular flexibility index (Phi) is 3.13. The summed E-state index contributed by atoms with van der Waals surface area (Å²) < 4.78 is 29.1. The Balaban J connectivity index is 2.88.